The van der Waals surface area contributed by atoms with Gasteiger partial charge in [-0.05, 0) is 29.8 Å². The monoisotopic (exact) mass is 376 g/mol. The lowest BCUT2D eigenvalue weighted by atomic mass is 10.1. The van der Waals surface area contributed by atoms with Crippen molar-refractivity contribution in [2.24, 2.45) is 0 Å². The first-order chi connectivity index (χ1) is 13.0. The zero-order valence-corrected chi connectivity index (χ0v) is 15.6. The molecule has 6 nitrogen and oxygen atoms in total. The minimum absolute atomic E-state index is 0.0623. The highest BCUT2D eigenvalue weighted by molar-refractivity contribution is 5.87. The van der Waals surface area contributed by atoms with Crippen molar-refractivity contribution in [1.82, 2.24) is 0 Å². The smallest absolute Gasteiger partial charge is 0.331 e. The molecule has 2 aromatic rings. The van der Waals surface area contributed by atoms with Gasteiger partial charge < -0.3 is 23.7 Å². The number of rotatable bonds is 8. The summed E-state index contributed by atoms with van der Waals surface area (Å²) in [6, 6.07) is 7.69. The molecule has 2 rings (SSSR count). The van der Waals surface area contributed by atoms with Gasteiger partial charge >= 0.3 is 5.97 Å². The van der Waals surface area contributed by atoms with Gasteiger partial charge in [-0.15, -0.1) is 0 Å². The maximum atomic E-state index is 13.6. The highest BCUT2D eigenvalue weighted by Crippen LogP contribution is 2.35. The quantitative estimate of drug-likeness (QED) is 0.518. The standard InChI is InChI=1S/C20H21FO6/c1-23-16-7-5-13(9-15(16)21)12-27-20(22)8-6-14-10-18(25-3)19(26-4)11-17(14)24-2/h5-11H,12H2,1-4H3/b8-6+. The molecule has 0 aliphatic carbocycles. The second-order valence-electron chi connectivity index (χ2n) is 5.36. The van der Waals surface area contributed by atoms with Crippen LogP contribution in [0.1, 0.15) is 11.1 Å². The Morgan fingerprint density at radius 2 is 1.52 bits per heavy atom. The Morgan fingerprint density at radius 1 is 0.889 bits per heavy atom. The zero-order valence-electron chi connectivity index (χ0n) is 15.6. The average Bonchev–Trinajstić information content (AvgIpc) is 2.69. The molecular formula is C20H21FO6. The molecule has 0 aromatic heterocycles. The number of hydrogen-bond acceptors (Lipinski definition) is 6. The molecule has 27 heavy (non-hydrogen) atoms. The Morgan fingerprint density at radius 3 is 2.11 bits per heavy atom. The predicted octanol–water partition coefficient (Wildman–Crippen LogP) is 3.62. The number of methoxy groups -OCH3 is 4. The second-order valence-corrected chi connectivity index (χ2v) is 5.36. The Kier molecular flexibility index (Phi) is 7.05. The maximum absolute atomic E-state index is 13.6. The van der Waals surface area contributed by atoms with Gasteiger partial charge in [-0.1, -0.05) is 6.07 Å². The fourth-order valence-corrected chi connectivity index (χ4v) is 2.34. The van der Waals surface area contributed by atoms with Crippen molar-refractivity contribution in [3.63, 3.8) is 0 Å². The van der Waals surface area contributed by atoms with Crippen LogP contribution < -0.4 is 18.9 Å². The van der Waals surface area contributed by atoms with Crippen molar-refractivity contribution >= 4 is 12.0 Å². The van der Waals surface area contributed by atoms with Gasteiger partial charge in [0, 0.05) is 17.7 Å². The number of ether oxygens (including phenoxy) is 5. The van der Waals surface area contributed by atoms with Crippen LogP contribution in [0.3, 0.4) is 0 Å². The molecule has 0 unspecified atom stereocenters. The van der Waals surface area contributed by atoms with Crippen molar-refractivity contribution in [1.29, 1.82) is 0 Å². The van der Waals surface area contributed by atoms with E-state index in [-0.39, 0.29) is 12.4 Å². The topological polar surface area (TPSA) is 63.2 Å². The maximum Gasteiger partial charge on any atom is 0.331 e. The van der Waals surface area contributed by atoms with Gasteiger partial charge in [-0.2, -0.15) is 0 Å². The fourth-order valence-electron chi connectivity index (χ4n) is 2.34. The summed E-state index contributed by atoms with van der Waals surface area (Å²) < 4.78 is 39.4. The largest absolute Gasteiger partial charge is 0.496 e. The number of benzene rings is 2. The first-order valence-corrected chi connectivity index (χ1v) is 7.99. The van der Waals surface area contributed by atoms with E-state index in [1.807, 2.05) is 0 Å². The fraction of sp³-hybridized carbons (Fsp3) is 0.250. The number of hydrogen-bond donors (Lipinski definition) is 0. The highest BCUT2D eigenvalue weighted by atomic mass is 19.1. The molecule has 144 valence electrons. The van der Waals surface area contributed by atoms with Crippen LogP contribution >= 0.6 is 0 Å². The normalized spacial score (nSPS) is 10.6. The summed E-state index contributed by atoms with van der Waals surface area (Å²) in [4.78, 5) is 12.0. The third-order valence-electron chi connectivity index (χ3n) is 3.73. The summed E-state index contributed by atoms with van der Waals surface area (Å²) in [5.41, 5.74) is 1.13. The molecule has 2 aromatic carbocycles. The van der Waals surface area contributed by atoms with Crippen LogP contribution in [-0.4, -0.2) is 34.4 Å². The summed E-state index contributed by atoms with van der Waals surface area (Å²) in [5.74, 6) is 0.551. The summed E-state index contributed by atoms with van der Waals surface area (Å²) in [6.45, 7) is -0.0623. The third-order valence-corrected chi connectivity index (χ3v) is 3.73. The van der Waals surface area contributed by atoms with Gasteiger partial charge in [0.1, 0.15) is 12.4 Å². The van der Waals surface area contributed by atoms with Crippen molar-refractivity contribution in [3.8, 4) is 23.0 Å². The lowest BCUT2D eigenvalue weighted by Crippen LogP contribution is -2.01. The molecule has 0 N–H and O–H groups in total. The van der Waals surface area contributed by atoms with Crippen molar-refractivity contribution < 1.29 is 32.9 Å². The van der Waals surface area contributed by atoms with Crippen LogP contribution in [0.15, 0.2) is 36.4 Å². The van der Waals surface area contributed by atoms with E-state index in [2.05, 4.69) is 0 Å². The minimum Gasteiger partial charge on any atom is -0.496 e. The van der Waals surface area contributed by atoms with Crippen LogP contribution in [0.5, 0.6) is 23.0 Å². The van der Waals surface area contributed by atoms with Crippen LogP contribution in [0.25, 0.3) is 6.08 Å². The number of carbonyl (C=O) groups is 1. The third kappa shape index (κ3) is 5.13. The molecule has 0 aliphatic rings. The van der Waals surface area contributed by atoms with Crippen LogP contribution in [-0.2, 0) is 16.1 Å². The molecule has 0 fully saturated rings. The van der Waals surface area contributed by atoms with Crippen LogP contribution in [0.4, 0.5) is 4.39 Å². The van der Waals surface area contributed by atoms with E-state index in [1.165, 1.54) is 52.7 Å². The molecule has 0 spiro atoms. The average molecular weight is 376 g/mol. The lowest BCUT2D eigenvalue weighted by molar-refractivity contribution is -0.138. The number of carbonyl (C=O) groups excluding carboxylic acids is 1. The van der Waals surface area contributed by atoms with Crippen molar-refractivity contribution in [2.75, 3.05) is 28.4 Å². The Hall–Kier alpha value is -3.22. The number of halogens is 1. The zero-order chi connectivity index (χ0) is 19.8. The Balaban J connectivity index is 2.07. The van der Waals surface area contributed by atoms with Gasteiger partial charge in [0.05, 0.1) is 28.4 Å². The molecular weight excluding hydrogens is 355 g/mol. The van der Waals surface area contributed by atoms with Crippen LogP contribution in [0.2, 0.25) is 0 Å². The Bertz CT molecular complexity index is 831. The van der Waals surface area contributed by atoms with E-state index in [1.54, 1.807) is 18.2 Å². The summed E-state index contributed by atoms with van der Waals surface area (Å²) in [5, 5.41) is 0. The van der Waals surface area contributed by atoms with Gasteiger partial charge in [0.15, 0.2) is 23.1 Å². The predicted molar refractivity (Wildman–Crippen MR) is 97.9 cm³/mol. The summed E-state index contributed by atoms with van der Waals surface area (Å²) >= 11 is 0. The van der Waals surface area contributed by atoms with Gasteiger partial charge in [-0.25, -0.2) is 9.18 Å². The lowest BCUT2D eigenvalue weighted by Gasteiger charge is -2.12. The first-order valence-electron chi connectivity index (χ1n) is 7.99. The summed E-state index contributed by atoms with van der Waals surface area (Å²) in [6.07, 6.45) is 2.79. The first kappa shape index (κ1) is 20.1. The van der Waals surface area contributed by atoms with Gasteiger partial charge in [0.25, 0.3) is 0 Å². The van der Waals surface area contributed by atoms with E-state index >= 15 is 0 Å². The minimum atomic E-state index is -0.580. The Labute approximate surface area is 157 Å². The van der Waals surface area contributed by atoms with E-state index < -0.39 is 11.8 Å². The highest BCUT2D eigenvalue weighted by Gasteiger charge is 2.11. The van der Waals surface area contributed by atoms with Crippen LogP contribution in [0, 0.1) is 5.82 Å². The molecule has 7 heteroatoms. The molecule has 0 saturated carbocycles. The molecule has 0 amide bonds. The molecule has 0 saturated heterocycles. The van der Waals surface area contributed by atoms with E-state index in [4.69, 9.17) is 23.7 Å². The molecule has 0 radical (unpaired) electrons. The summed E-state index contributed by atoms with van der Waals surface area (Å²) in [7, 11) is 5.92. The molecule has 0 heterocycles. The molecule has 0 atom stereocenters. The SMILES string of the molecule is COc1ccc(COC(=O)/C=C/c2cc(OC)c(OC)cc2OC)cc1F. The number of esters is 1. The van der Waals surface area contributed by atoms with Gasteiger partial charge in [0.2, 0.25) is 0 Å². The molecule has 0 aliphatic heterocycles. The second kappa shape index (κ2) is 9.47. The van der Waals surface area contributed by atoms with E-state index in [9.17, 15) is 9.18 Å². The van der Waals surface area contributed by atoms with Gasteiger partial charge in [-0.3, -0.25) is 0 Å². The van der Waals surface area contributed by atoms with E-state index in [0.29, 0.717) is 28.4 Å². The van der Waals surface area contributed by atoms with Crippen molar-refractivity contribution in [3.05, 3.63) is 53.4 Å². The van der Waals surface area contributed by atoms with E-state index in [0.717, 1.165) is 0 Å². The van der Waals surface area contributed by atoms with Crippen molar-refractivity contribution in [2.45, 2.75) is 6.61 Å². The molecule has 0 bridgehead atoms.